The Morgan fingerprint density at radius 3 is 2.67 bits per heavy atom. The van der Waals surface area contributed by atoms with E-state index in [9.17, 15) is 0 Å². The summed E-state index contributed by atoms with van der Waals surface area (Å²) < 4.78 is 0. The zero-order chi connectivity index (χ0) is 12.8. The van der Waals surface area contributed by atoms with Crippen molar-refractivity contribution in [1.29, 1.82) is 0 Å². The molecule has 0 bridgehead atoms. The van der Waals surface area contributed by atoms with Crippen LogP contribution in [-0.4, -0.2) is 36.9 Å². The molecule has 0 aromatic carbocycles. The lowest BCUT2D eigenvalue weighted by atomic mass is 9.77. The van der Waals surface area contributed by atoms with Gasteiger partial charge in [0.25, 0.3) is 0 Å². The van der Waals surface area contributed by atoms with Crippen LogP contribution in [-0.2, 0) is 0 Å². The van der Waals surface area contributed by atoms with Gasteiger partial charge in [-0.05, 0) is 44.1 Å². The van der Waals surface area contributed by atoms with Gasteiger partial charge >= 0.3 is 0 Å². The van der Waals surface area contributed by atoms with Crippen LogP contribution in [0.1, 0.15) is 51.9 Å². The highest BCUT2D eigenvalue weighted by molar-refractivity contribution is 4.90. The highest BCUT2D eigenvalue weighted by atomic mass is 16.3. The van der Waals surface area contributed by atoms with E-state index in [2.05, 4.69) is 17.6 Å². The van der Waals surface area contributed by atoms with Gasteiger partial charge in [0, 0.05) is 25.2 Å². The Bertz CT molecular complexity index is 229. The second-order valence-corrected chi connectivity index (χ2v) is 6.31. The molecule has 1 aliphatic heterocycles. The van der Waals surface area contributed by atoms with Gasteiger partial charge in [-0.2, -0.15) is 0 Å². The maximum absolute atomic E-state index is 9.13. The van der Waals surface area contributed by atoms with E-state index in [4.69, 9.17) is 5.11 Å². The third-order valence-corrected chi connectivity index (χ3v) is 4.72. The van der Waals surface area contributed by atoms with Crippen molar-refractivity contribution >= 4 is 0 Å². The first-order valence-electron chi connectivity index (χ1n) is 7.89. The minimum Gasteiger partial charge on any atom is -0.396 e. The molecule has 4 atom stereocenters. The van der Waals surface area contributed by atoms with Crippen LogP contribution < -0.4 is 10.6 Å². The Morgan fingerprint density at radius 1 is 1.17 bits per heavy atom. The second-order valence-electron chi connectivity index (χ2n) is 6.31. The summed E-state index contributed by atoms with van der Waals surface area (Å²) in [5.74, 6) is 1.19. The number of hydrogen-bond donors (Lipinski definition) is 3. The van der Waals surface area contributed by atoms with E-state index >= 15 is 0 Å². The van der Waals surface area contributed by atoms with Crippen molar-refractivity contribution in [2.45, 2.75) is 64.0 Å². The fourth-order valence-electron chi connectivity index (χ4n) is 3.56. The number of aliphatic hydroxyl groups is 1. The van der Waals surface area contributed by atoms with Crippen LogP contribution in [0.3, 0.4) is 0 Å². The van der Waals surface area contributed by atoms with E-state index in [1.165, 1.54) is 51.5 Å². The molecule has 0 aromatic heterocycles. The van der Waals surface area contributed by atoms with E-state index in [0.717, 1.165) is 18.5 Å². The van der Waals surface area contributed by atoms with Crippen molar-refractivity contribution in [3.63, 3.8) is 0 Å². The molecule has 2 aliphatic rings. The maximum Gasteiger partial charge on any atom is 0.0468 e. The summed E-state index contributed by atoms with van der Waals surface area (Å²) in [5, 5.41) is 16.6. The Labute approximate surface area is 112 Å². The Balaban J connectivity index is 1.84. The molecule has 3 heteroatoms. The molecule has 0 aromatic rings. The molecular weight excluding hydrogens is 224 g/mol. The number of hydrogen-bond acceptors (Lipinski definition) is 3. The Hall–Kier alpha value is -0.120. The highest BCUT2D eigenvalue weighted by Gasteiger charge is 2.32. The number of rotatable bonds is 5. The Kier molecular flexibility index (Phi) is 5.93. The molecular formula is C15H30N2O. The van der Waals surface area contributed by atoms with Gasteiger partial charge in [0.2, 0.25) is 0 Å². The number of nitrogens with one attached hydrogen (secondary N) is 2. The van der Waals surface area contributed by atoms with Crippen LogP contribution in [0.5, 0.6) is 0 Å². The van der Waals surface area contributed by atoms with Crippen molar-refractivity contribution in [2.24, 2.45) is 11.8 Å². The molecule has 1 aliphatic carbocycles. The quantitative estimate of drug-likeness (QED) is 0.702. The molecule has 2 fully saturated rings. The maximum atomic E-state index is 9.13. The van der Waals surface area contributed by atoms with Crippen LogP contribution in [0, 0.1) is 11.8 Å². The zero-order valence-corrected chi connectivity index (χ0v) is 11.8. The second kappa shape index (κ2) is 7.46. The zero-order valence-electron chi connectivity index (χ0n) is 11.8. The normalized spacial score (nSPS) is 35.3. The van der Waals surface area contributed by atoms with Crippen molar-refractivity contribution in [1.82, 2.24) is 10.6 Å². The lowest BCUT2D eigenvalue weighted by Gasteiger charge is -2.40. The average molecular weight is 254 g/mol. The summed E-state index contributed by atoms with van der Waals surface area (Å²) >= 11 is 0. The Morgan fingerprint density at radius 2 is 1.94 bits per heavy atom. The minimum atomic E-state index is 0.298. The first-order valence-corrected chi connectivity index (χ1v) is 7.89. The largest absolute Gasteiger partial charge is 0.396 e. The predicted molar refractivity (Wildman–Crippen MR) is 75.6 cm³/mol. The van der Waals surface area contributed by atoms with Gasteiger partial charge in [-0.25, -0.2) is 0 Å². The van der Waals surface area contributed by atoms with Crippen LogP contribution in [0.15, 0.2) is 0 Å². The summed E-state index contributed by atoms with van der Waals surface area (Å²) in [6, 6.07) is 1.41. The molecule has 3 nitrogen and oxygen atoms in total. The fraction of sp³-hybridized carbons (Fsp3) is 1.00. The van der Waals surface area contributed by atoms with Gasteiger partial charge in [-0.3, -0.25) is 0 Å². The third-order valence-electron chi connectivity index (χ3n) is 4.72. The SMILES string of the molecule is CC(CO)CNC1CCCCC1C1CCCCN1. The predicted octanol–water partition coefficient (Wildman–Crippen LogP) is 1.91. The van der Waals surface area contributed by atoms with Crippen LogP contribution in [0.4, 0.5) is 0 Å². The van der Waals surface area contributed by atoms with Crippen LogP contribution in [0.25, 0.3) is 0 Å². The van der Waals surface area contributed by atoms with E-state index in [-0.39, 0.29) is 0 Å². The van der Waals surface area contributed by atoms with Gasteiger partial charge in [0.15, 0.2) is 0 Å². The lowest BCUT2D eigenvalue weighted by Crippen LogP contribution is -2.51. The van der Waals surface area contributed by atoms with Gasteiger partial charge in [0.1, 0.15) is 0 Å². The van der Waals surface area contributed by atoms with Gasteiger partial charge < -0.3 is 15.7 Å². The summed E-state index contributed by atoms with van der Waals surface area (Å²) in [7, 11) is 0. The fourth-order valence-corrected chi connectivity index (χ4v) is 3.56. The molecule has 106 valence electrons. The van der Waals surface area contributed by atoms with E-state index in [0.29, 0.717) is 18.6 Å². The van der Waals surface area contributed by atoms with Crippen LogP contribution in [0.2, 0.25) is 0 Å². The third kappa shape index (κ3) is 3.94. The standard InChI is InChI=1S/C15H30N2O/c1-12(11-18)10-17-15-7-3-2-6-13(15)14-8-4-5-9-16-14/h12-18H,2-11H2,1H3. The van der Waals surface area contributed by atoms with Crippen molar-refractivity contribution in [3.05, 3.63) is 0 Å². The average Bonchev–Trinajstić information content (AvgIpc) is 2.46. The molecule has 1 saturated heterocycles. The topological polar surface area (TPSA) is 44.3 Å². The molecule has 0 spiro atoms. The smallest absolute Gasteiger partial charge is 0.0468 e. The van der Waals surface area contributed by atoms with Crippen LogP contribution >= 0.6 is 0 Å². The monoisotopic (exact) mass is 254 g/mol. The molecule has 1 saturated carbocycles. The summed E-state index contributed by atoms with van der Waals surface area (Å²) in [6.45, 7) is 4.58. The summed E-state index contributed by atoms with van der Waals surface area (Å²) in [4.78, 5) is 0. The first kappa shape index (κ1) is 14.3. The van der Waals surface area contributed by atoms with Gasteiger partial charge in [-0.15, -0.1) is 0 Å². The molecule has 2 rings (SSSR count). The molecule has 1 heterocycles. The molecule has 3 N–H and O–H groups in total. The lowest BCUT2D eigenvalue weighted by molar-refractivity contribution is 0.168. The summed E-state index contributed by atoms with van der Waals surface area (Å²) in [5.41, 5.74) is 0. The number of aliphatic hydroxyl groups excluding tert-OH is 1. The number of piperidine rings is 1. The van der Waals surface area contributed by atoms with Gasteiger partial charge in [-0.1, -0.05) is 26.2 Å². The summed E-state index contributed by atoms with van der Waals surface area (Å²) in [6.07, 6.45) is 9.57. The minimum absolute atomic E-state index is 0.298. The first-order chi connectivity index (χ1) is 8.81. The molecule has 0 amide bonds. The van der Waals surface area contributed by atoms with Crippen molar-refractivity contribution in [3.8, 4) is 0 Å². The van der Waals surface area contributed by atoms with Crippen molar-refractivity contribution in [2.75, 3.05) is 19.7 Å². The van der Waals surface area contributed by atoms with Crippen molar-refractivity contribution < 1.29 is 5.11 Å². The van der Waals surface area contributed by atoms with Gasteiger partial charge in [0.05, 0.1) is 0 Å². The van der Waals surface area contributed by atoms with E-state index < -0.39 is 0 Å². The molecule has 4 unspecified atom stereocenters. The molecule has 18 heavy (non-hydrogen) atoms. The van der Waals surface area contributed by atoms with E-state index in [1.54, 1.807) is 0 Å². The molecule has 0 radical (unpaired) electrons. The van der Waals surface area contributed by atoms with E-state index in [1.807, 2.05) is 0 Å². The highest BCUT2D eigenvalue weighted by Crippen LogP contribution is 2.30.